The second-order valence-electron chi connectivity index (χ2n) is 14.8. The van der Waals surface area contributed by atoms with Gasteiger partial charge in [-0.05, 0) is 70.1 Å². The molecule has 0 saturated heterocycles. The lowest BCUT2D eigenvalue weighted by Gasteiger charge is -2.15. The minimum atomic E-state index is 0.615. The van der Waals surface area contributed by atoms with Crippen LogP contribution in [0.25, 0.3) is 111 Å². The highest BCUT2D eigenvalue weighted by molar-refractivity contribution is 6.21. The normalized spacial score (nSPS) is 11.8. The standard InChI is InChI=1S/C53H33N5/c1-3-16-35(17-4-1)51-54-52(36-18-5-2-6-19-36)56-53(55-51)43-24-12-14-26-46(43)58-48-32-38-21-8-7-20-37(38)31-44(48)41-29-28-39(33-49(41)58)57-45-25-13-11-23-42(45)50-40-22-10-9-15-34(40)27-30-47(50)57/h1-33H. The third-order valence-electron chi connectivity index (χ3n) is 11.5. The van der Waals surface area contributed by atoms with Gasteiger partial charge in [0.25, 0.3) is 0 Å². The number of hydrogen-bond acceptors (Lipinski definition) is 3. The first-order valence-electron chi connectivity index (χ1n) is 19.6. The van der Waals surface area contributed by atoms with Crippen LogP contribution in [0.1, 0.15) is 0 Å². The summed E-state index contributed by atoms with van der Waals surface area (Å²) in [4.78, 5) is 15.4. The largest absolute Gasteiger partial charge is 0.309 e. The van der Waals surface area contributed by atoms with E-state index in [1.54, 1.807) is 0 Å². The van der Waals surface area contributed by atoms with E-state index in [9.17, 15) is 0 Å². The molecular formula is C53H33N5. The van der Waals surface area contributed by atoms with Gasteiger partial charge in [-0.1, -0.05) is 152 Å². The summed E-state index contributed by atoms with van der Waals surface area (Å²) in [6.45, 7) is 0. The predicted molar refractivity (Wildman–Crippen MR) is 240 cm³/mol. The molecule has 0 fully saturated rings. The van der Waals surface area contributed by atoms with Crippen LogP contribution in [0, 0.1) is 0 Å². The van der Waals surface area contributed by atoms with Crippen LogP contribution in [-0.4, -0.2) is 24.1 Å². The van der Waals surface area contributed by atoms with Gasteiger partial charge in [0.15, 0.2) is 17.5 Å². The molecule has 270 valence electrons. The van der Waals surface area contributed by atoms with E-state index in [0.29, 0.717) is 17.5 Å². The van der Waals surface area contributed by atoms with Crippen LogP contribution in [0.15, 0.2) is 200 Å². The second-order valence-corrected chi connectivity index (χ2v) is 14.8. The van der Waals surface area contributed by atoms with Crippen LogP contribution in [0.3, 0.4) is 0 Å². The van der Waals surface area contributed by atoms with Gasteiger partial charge in [0.05, 0.1) is 27.8 Å². The fraction of sp³-hybridized carbons (Fsp3) is 0. The molecule has 0 aliphatic carbocycles. The fourth-order valence-electron chi connectivity index (χ4n) is 8.89. The Morgan fingerprint density at radius 2 is 0.897 bits per heavy atom. The van der Waals surface area contributed by atoms with E-state index < -0.39 is 0 Å². The Labute approximate surface area is 333 Å². The van der Waals surface area contributed by atoms with E-state index in [0.717, 1.165) is 39.1 Å². The number of fused-ring (bicyclic) bond motifs is 9. The van der Waals surface area contributed by atoms with Gasteiger partial charge in [-0.25, -0.2) is 15.0 Å². The summed E-state index contributed by atoms with van der Waals surface area (Å²) in [5.74, 6) is 1.88. The zero-order chi connectivity index (χ0) is 38.2. The minimum absolute atomic E-state index is 0.615. The molecule has 12 aromatic rings. The molecule has 58 heavy (non-hydrogen) atoms. The molecule has 5 heteroatoms. The monoisotopic (exact) mass is 739 g/mol. The molecule has 9 aromatic carbocycles. The third-order valence-corrected chi connectivity index (χ3v) is 11.5. The average Bonchev–Trinajstić information content (AvgIpc) is 3.80. The molecule has 0 N–H and O–H groups in total. The number of rotatable bonds is 5. The van der Waals surface area contributed by atoms with E-state index in [1.807, 2.05) is 36.4 Å². The molecule has 0 radical (unpaired) electrons. The Morgan fingerprint density at radius 3 is 1.66 bits per heavy atom. The van der Waals surface area contributed by atoms with E-state index in [-0.39, 0.29) is 0 Å². The highest BCUT2D eigenvalue weighted by Gasteiger charge is 2.21. The van der Waals surface area contributed by atoms with Crippen molar-refractivity contribution in [3.8, 4) is 45.5 Å². The molecule has 0 bridgehead atoms. The van der Waals surface area contributed by atoms with Crippen molar-refractivity contribution in [2.75, 3.05) is 0 Å². The maximum Gasteiger partial charge on any atom is 0.166 e. The van der Waals surface area contributed by atoms with Crippen LogP contribution >= 0.6 is 0 Å². The predicted octanol–water partition coefficient (Wildman–Crippen LogP) is 13.4. The van der Waals surface area contributed by atoms with Gasteiger partial charge >= 0.3 is 0 Å². The van der Waals surface area contributed by atoms with E-state index in [4.69, 9.17) is 15.0 Å². The molecule has 3 heterocycles. The van der Waals surface area contributed by atoms with Gasteiger partial charge < -0.3 is 9.13 Å². The first-order valence-corrected chi connectivity index (χ1v) is 19.6. The smallest absolute Gasteiger partial charge is 0.166 e. The summed E-state index contributed by atoms with van der Waals surface area (Å²) < 4.78 is 4.83. The minimum Gasteiger partial charge on any atom is -0.309 e. The average molecular weight is 740 g/mol. The Morgan fingerprint density at radius 1 is 0.310 bits per heavy atom. The summed E-state index contributed by atoms with van der Waals surface area (Å²) in [6, 6.07) is 71.0. The van der Waals surface area contributed by atoms with Crippen molar-refractivity contribution in [2.45, 2.75) is 0 Å². The Kier molecular flexibility index (Phi) is 7.16. The Hall–Kier alpha value is -7.89. The quantitative estimate of drug-likeness (QED) is 0.177. The molecule has 5 nitrogen and oxygen atoms in total. The Balaban J connectivity index is 1.16. The molecular weight excluding hydrogens is 707 g/mol. The molecule has 0 saturated carbocycles. The highest BCUT2D eigenvalue weighted by Crippen LogP contribution is 2.41. The lowest BCUT2D eigenvalue weighted by atomic mass is 10.0. The first-order chi connectivity index (χ1) is 28.8. The number of nitrogens with zero attached hydrogens (tertiary/aromatic N) is 5. The van der Waals surface area contributed by atoms with Crippen molar-refractivity contribution in [3.63, 3.8) is 0 Å². The second kappa shape index (κ2) is 12.8. The first kappa shape index (κ1) is 32.4. The Bertz CT molecular complexity index is 3510. The molecule has 12 rings (SSSR count). The van der Waals surface area contributed by atoms with Crippen LogP contribution in [-0.2, 0) is 0 Å². The number of aromatic nitrogens is 5. The van der Waals surface area contributed by atoms with Gasteiger partial charge in [0.1, 0.15) is 0 Å². The number of para-hydroxylation sites is 2. The summed E-state index contributed by atoms with van der Waals surface area (Å²) in [5, 5.41) is 9.76. The van der Waals surface area contributed by atoms with Gasteiger partial charge in [0.2, 0.25) is 0 Å². The van der Waals surface area contributed by atoms with Crippen molar-refractivity contribution in [1.82, 2.24) is 24.1 Å². The van der Waals surface area contributed by atoms with E-state index in [2.05, 4.69) is 173 Å². The van der Waals surface area contributed by atoms with Crippen molar-refractivity contribution >= 4 is 65.2 Å². The molecule has 0 atom stereocenters. The molecule has 0 aliphatic rings. The summed E-state index contributed by atoms with van der Waals surface area (Å²) in [7, 11) is 0. The van der Waals surface area contributed by atoms with Crippen LogP contribution in [0.2, 0.25) is 0 Å². The van der Waals surface area contributed by atoms with Crippen LogP contribution in [0.4, 0.5) is 0 Å². The molecule has 3 aromatic heterocycles. The van der Waals surface area contributed by atoms with Crippen LogP contribution < -0.4 is 0 Å². The summed E-state index contributed by atoms with van der Waals surface area (Å²) in [6.07, 6.45) is 0. The maximum atomic E-state index is 5.19. The van der Waals surface area contributed by atoms with E-state index in [1.165, 1.54) is 54.1 Å². The SMILES string of the molecule is c1ccc(-c2nc(-c3ccccc3)nc(-c3ccccc3-n3c4cc(-n5c6ccccc6c6c7ccccc7ccc65)ccc4c4cc5ccccc5cc43)n2)cc1. The van der Waals surface area contributed by atoms with Gasteiger partial charge in [-0.2, -0.15) is 0 Å². The molecule has 0 unspecified atom stereocenters. The van der Waals surface area contributed by atoms with Gasteiger partial charge in [-0.3, -0.25) is 0 Å². The van der Waals surface area contributed by atoms with Crippen LogP contribution in [0.5, 0.6) is 0 Å². The van der Waals surface area contributed by atoms with Crippen molar-refractivity contribution in [1.29, 1.82) is 0 Å². The summed E-state index contributed by atoms with van der Waals surface area (Å²) >= 11 is 0. The van der Waals surface area contributed by atoms with Gasteiger partial charge in [0, 0.05) is 43.9 Å². The van der Waals surface area contributed by atoms with E-state index >= 15 is 0 Å². The fourth-order valence-corrected chi connectivity index (χ4v) is 8.89. The number of benzene rings is 9. The van der Waals surface area contributed by atoms with Crippen molar-refractivity contribution < 1.29 is 0 Å². The number of hydrogen-bond donors (Lipinski definition) is 0. The lowest BCUT2D eigenvalue weighted by molar-refractivity contribution is 1.06. The lowest BCUT2D eigenvalue weighted by Crippen LogP contribution is -2.03. The van der Waals surface area contributed by atoms with Crippen molar-refractivity contribution in [2.24, 2.45) is 0 Å². The highest BCUT2D eigenvalue weighted by atomic mass is 15.1. The molecule has 0 spiro atoms. The maximum absolute atomic E-state index is 5.19. The topological polar surface area (TPSA) is 48.5 Å². The summed E-state index contributed by atoms with van der Waals surface area (Å²) in [5.41, 5.74) is 9.45. The van der Waals surface area contributed by atoms with Crippen molar-refractivity contribution in [3.05, 3.63) is 200 Å². The molecule has 0 aliphatic heterocycles. The third kappa shape index (κ3) is 5.00. The molecule has 0 amide bonds. The zero-order valence-corrected chi connectivity index (χ0v) is 31.3. The zero-order valence-electron chi connectivity index (χ0n) is 31.3. The van der Waals surface area contributed by atoms with Gasteiger partial charge in [-0.15, -0.1) is 0 Å².